The molecule has 2 aromatic heterocycles. The van der Waals surface area contributed by atoms with E-state index >= 15 is 0 Å². The van der Waals surface area contributed by atoms with Gasteiger partial charge in [-0.05, 0) is 51.2 Å². The maximum Gasteiger partial charge on any atom is 0.160 e. The van der Waals surface area contributed by atoms with Crippen molar-refractivity contribution in [3.05, 3.63) is 164 Å². The van der Waals surface area contributed by atoms with Crippen LogP contribution >= 0.6 is 0 Å². The van der Waals surface area contributed by atoms with Gasteiger partial charge in [0.05, 0.1) is 22.2 Å². The molecule has 0 fully saturated rings. The van der Waals surface area contributed by atoms with Crippen molar-refractivity contribution in [3.63, 3.8) is 0 Å². The Labute approximate surface area is 271 Å². The summed E-state index contributed by atoms with van der Waals surface area (Å²) in [7, 11) is 0. The number of fused-ring (bicyclic) bond motifs is 11. The van der Waals surface area contributed by atoms with Crippen molar-refractivity contribution >= 4 is 65.0 Å². The van der Waals surface area contributed by atoms with E-state index in [0.717, 1.165) is 39.2 Å². The van der Waals surface area contributed by atoms with Crippen molar-refractivity contribution in [2.45, 2.75) is 0 Å². The molecule has 0 amide bonds. The lowest BCUT2D eigenvalue weighted by atomic mass is 9.93. The lowest BCUT2D eigenvalue weighted by molar-refractivity contribution is 1.18. The van der Waals surface area contributed by atoms with Gasteiger partial charge in [0, 0.05) is 38.4 Å². The number of benzene rings is 8. The van der Waals surface area contributed by atoms with Gasteiger partial charge in [-0.25, -0.2) is 9.97 Å². The molecule has 218 valence electrons. The van der Waals surface area contributed by atoms with E-state index in [-0.39, 0.29) is 0 Å². The molecule has 0 aliphatic heterocycles. The minimum absolute atomic E-state index is 0.728. The molecule has 2 heterocycles. The number of hydrogen-bond donors (Lipinski definition) is 0. The highest BCUT2D eigenvalue weighted by atomic mass is 15.0. The first-order valence-corrected chi connectivity index (χ1v) is 16.0. The molecular weight excluding hydrogens is 571 g/mol. The van der Waals surface area contributed by atoms with Crippen LogP contribution in [-0.4, -0.2) is 14.5 Å². The Morgan fingerprint density at radius 1 is 0.404 bits per heavy atom. The lowest BCUT2D eigenvalue weighted by Gasteiger charge is -2.15. The lowest BCUT2D eigenvalue weighted by Crippen LogP contribution is -1.99. The summed E-state index contributed by atoms with van der Waals surface area (Å²) >= 11 is 0. The molecule has 10 rings (SSSR count). The van der Waals surface area contributed by atoms with Crippen LogP contribution in [0.2, 0.25) is 0 Å². The number of rotatable bonds is 3. The Bertz CT molecular complexity index is 2830. The van der Waals surface area contributed by atoms with Gasteiger partial charge in [0.2, 0.25) is 0 Å². The van der Waals surface area contributed by atoms with Gasteiger partial charge in [-0.15, -0.1) is 0 Å². The van der Waals surface area contributed by atoms with Crippen LogP contribution in [0.3, 0.4) is 0 Å². The van der Waals surface area contributed by atoms with Crippen molar-refractivity contribution in [2.24, 2.45) is 0 Å². The first-order chi connectivity index (χ1) is 23.3. The summed E-state index contributed by atoms with van der Waals surface area (Å²) in [6.45, 7) is 0. The summed E-state index contributed by atoms with van der Waals surface area (Å²) in [5.41, 5.74) is 7.40. The van der Waals surface area contributed by atoms with Gasteiger partial charge in [0.1, 0.15) is 0 Å². The molecule has 47 heavy (non-hydrogen) atoms. The Kier molecular flexibility index (Phi) is 5.57. The molecule has 0 radical (unpaired) electrons. The average Bonchev–Trinajstić information content (AvgIpc) is 3.50. The second-order valence-electron chi connectivity index (χ2n) is 12.2. The number of para-hydroxylation sites is 1. The van der Waals surface area contributed by atoms with Gasteiger partial charge in [0.15, 0.2) is 5.82 Å². The van der Waals surface area contributed by atoms with Crippen molar-refractivity contribution in [3.8, 4) is 28.3 Å². The Balaban J connectivity index is 1.35. The number of nitrogens with zero attached hydrogens (tertiary/aromatic N) is 3. The third-order valence-corrected chi connectivity index (χ3v) is 9.54. The highest BCUT2D eigenvalue weighted by Crippen LogP contribution is 2.44. The standard InChI is InChI=1S/C44H27N3/c1-3-14-29(15-4-1)42-37-27-31(24-26-38(37)45-44(46-42)30-16-5-2-6-17-30)47-39-22-12-11-21-35(39)41-36-25-23-28-13-7-8-18-32(28)40(36)33-19-9-10-20-34(33)43(41)47/h1-27H. The zero-order valence-corrected chi connectivity index (χ0v) is 25.4. The minimum Gasteiger partial charge on any atom is -0.309 e. The fourth-order valence-electron chi connectivity index (χ4n) is 7.50. The van der Waals surface area contributed by atoms with E-state index in [1.807, 2.05) is 24.3 Å². The average molecular weight is 598 g/mol. The van der Waals surface area contributed by atoms with Crippen LogP contribution in [0.4, 0.5) is 0 Å². The van der Waals surface area contributed by atoms with Crippen LogP contribution in [0.1, 0.15) is 0 Å². The maximum absolute atomic E-state index is 5.19. The summed E-state index contributed by atoms with van der Waals surface area (Å²) in [6, 6.07) is 58.3. The van der Waals surface area contributed by atoms with Crippen molar-refractivity contribution in [1.82, 2.24) is 14.5 Å². The van der Waals surface area contributed by atoms with Crippen LogP contribution in [0.25, 0.3) is 93.4 Å². The third-order valence-electron chi connectivity index (χ3n) is 9.54. The fraction of sp³-hybridized carbons (Fsp3) is 0. The van der Waals surface area contributed by atoms with E-state index in [1.165, 1.54) is 54.1 Å². The molecule has 10 aromatic rings. The second kappa shape index (κ2) is 10.1. The van der Waals surface area contributed by atoms with Crippen molar-refractivity contribution in [1.29, 1.82) is 0 Å². The minimum atomic E-state index is 0.728. The van der Waals surface area contributed by atoms with Gasteiger partial charge in [-0.2, -0.15) is 0 Å². The molecule has 3 nitrogen and oxygen atoms in total. The predicted molar refractivity (Wildman–Crippen MR) is 197 cm³/mol. The van der Waals surface area contributed by atoms with Crippen LogP contribution in [0.15, 0.2) is 164 Å². The summed E-state index contributed by atoms with van der Waals surface area (Å²) in [5, 5.41) is 11.2. The Hall–Kier alpha value is -6.32. The van der Waals surface area contributed by atoms with Crippen LogP contribution in [-0.2, 0) is 0 Å². The molecule has 0 bridgehead atoms. The van der Waals surface area contributed by atoms with E-state index < -0.39 is 0 Å². The molecule has 3 heteroatoms. The summed E-state index contributed by atoms with van der Waals surface area (Å²) in [6.07, 6.45) is 0. The summed E-state index contributed by atoms with van der Waals surface area (Å²) < 4.78 is 2.45. The number of aromatic nitrogens is 3. The first kappa shape index (κ1) is 26.0. The second-order valence-corrected chi connectivity index (χ2v) is 12.2. The smallest absolute Gasteiger partial charge is 0.160 e. The Morgan fingerprint density at radius 2 is 1.06 bits per heavy atom. The maximum atomic E-state index is 5.19. The monoisotopic (exact) mass is 597 g/mol. The molecule has 0 aliphatic carbocycles. The van der Waals surface area contributed by atoms with Crippen LogP contribution < -0.4 is 0 Å². The third kappa shape index (κ3) is 3.87. The zero-order valence-electron chi connectivity index (χ0n) is 25.4. The highest BCUT2D eigenvalue weighted by molar-refractivity contribution is 6.36. The summed E-state index contributed by atoms with van der Waals surface area (Å²) in [5.74, 6) is 0.728. The molecule has 0 N–H and O–H groups in total. The largest absolute Gasteiger partial charge is 0.309 e. The molecule has 0 atom stereocenters. The van der Waals surface area contributed by atoms with Crippen LogP contribution in [0, 0.1) is 0 Å². The molecular formula is C44H27N3. The van der Waals surface area contributed by atoms with Crippen molar-refractivity contribution < 1.29 is 0 Å². The topological polar surface area (TPSA) is 30.7 Å². The molecule has 0 aliphatic rings. The SMILES string of the molecule is c1ccc(-c2nc(-c3ccccc3)c3cc(-n4c5ccccc5c5c6ccc7ccccc7c6c6ccccc6c54)ccc3n2)cc1. The first-order valence-electron chi connectivity index (χ1n) is 16.0. The van der Waals surface area contributed by atoms with Gasteiger partial charge < -0.3 is 4.57 Å². The van der Waals surface area contributed by atoms with Gasteiger partial charge in [-0.1, -0.05) is 140 Å². The predicted octanol–water partition coefficient (Wildman–Crippen LogP) is 11.5. The van der Waals surface area contributed by atoms with E-state index in [9.17, 15) is 0 Å². The van der Waals surface area contributed by atoms with Gasteiger partial charge in [-0.3, -0.25) is 0 Å². The molecule has 0 spiro atoms. The van der Waals surface area contributed by atoms with Gasteiger partial charge in [0.25, 0.3) is 0 Å². The highest BCUT2D eigenvalue weighted by Gasteiger charge is 2.21. The fourth-order valence-corrected chi connectivity index (χ4v) is 7.50. The van der Waals surface area contributed by atoms with E-state index in [1.54, 1.807) is 0 Å². The summed E-state index contributed by atoms with van der Waals surface area (Å²) in [4.78, 5) is 10.3. The van der Waals surface area contributed by atoms with E-state index in [2.05, 4.69) is 144 Å². The quantitative estimate of drug-likeness (QED) is 0.190. The molecule has 8 aromatic carbocycles. The zero-order chi connectivity index (χ0) is 30.9. The molecule has 0 saturated carbocycles. The normalized spacial score (nSPS) is 11.8. The van der Waals surface area contributed by atoms with E-state index in [0.29, 0.717) is 0 Å². The van der Waals surface area contributed by atoms with Crippen molar-refractivity contribution in [2.75, 3.05) is 0 Å². The molecule has 0 saturated heterocycles. The number of hydrogen-bond acceptors (Lipinski definition) is 2. The molecule has 0 unspecified atom stereocenters. The van der Waals surface area contributed by atoms with Crippen LogP contribution in [0.5, 0.6) is 0 Å². The van der Waals surface area contributed by atoms with Gasteiger partial charge >= 0.3 is 0 Å². The Morgan fingerprint density at radius 3 is 1.87 bits per heavy atom. The van der Waals surface area contributed by atoms with E-state index in [4.69, 9.17) is 9.97 Å².